The molecule has 2 fully saturated rings. The molecule has 0 radical (unpaired) electrons. The van der Waals surface area contributed by atoms with E-state index in [2.05, 4.69) is 34.9 Å². The zero-order valence-electron chi connectivity index (χ0n) is 14.4. The normalized spacial score (nSPS) is 20.5. The maximum atomic E-state index is 5.89. The van der Waals surface area contributed by atoms with Crippen molar-refractivity contribution in [2.45, 2.75) is 63.3 Å². The Balaban J connectivity index is 1.32. The number of piperidine rings is 1. The molecule has 1 saturated carbocycles. The number of hydrogen-bond acceptors (Lipinski definition) is 3. The van der Waals surface area contributed by atoms with Crippen LogP contribution in [0.1, 0.15) is 62.8 Å². The summed E-state index contributed by atoms with van der Waals surface area (Å²) in [6, 6.07) is 9.56. The van der Waals surface area contributed by atoms with Gasteiger partial charge in [-0.05, 0) is 75.4 Å². The van der Waals surface area contributed by atoms with Crippen molar-refractivity contribution in [3.05, 3.63) is 29.8 Å². The first-order valence-electron chi connectivity index (χ1n) is 9.59. The molecule has 1 aromatic carbocycles. The van der Waals surface area contributed by atoms with Crippen LogP contribution in [0.25, 0.3) is 0 Å². The third kappa shape index (κ3) is 5.50. The molecule has 1 saturated heterocycles. The van der Waals surface area contributed by atoms with E-state index in [9.17, 15) is 0 Å². The minimum atomic E-state index is 0.727. The quantitative estimate of drug-likeness (QED) is 0.750. The zero-order chi connectivity index (χ0) is 15.7. The molecule has 0 spiro atoms. The van der Waals surface area contributed by atoms with Gasteiger partial charge in [-0.1, -0.05) is 31.4 Å². The predicted molar refractivity (Wildman–Crippen MR) is 96.3 cm³/mol. The standard InChI is InChI=1S/C20H32N2O/c1-2-5-19(6-3-1)22-13-4-16-23-20-9-7-17(8-10-20)18-11-14-21-15-12-18/h7-10,18-19,21-22H,1-6,11-16H2. The molecule has 128 valence electrons. The highest BCUT2D eigenvalue weighted by Crippen LogP contribution is 2.26. The second-order valence-corrected chi connectivity index (χ2v) is 7.08. The molecule has 3 heteroatoms. The molecule has 0 bridgehead atoms. The van der Waals surface area contributed by atoms with Gasteiger partial charge in [-0.2, -0.15) is 0 Å². The molecule has 2 aliphatic rings. The highest BCUT2D eigenvalue weighted by atomic mass is 16.5. The van der Waals surface area contributed by atoms with Crippen molar-refractivity contribution < 1.29 is 4.74 Å². The molecule has 23 heavy (non-hydrogen) atoms. The van der Waals surface area contributed by atoms with Crippen LogP contribution in [-0.2, 0) is 0 Å². The third-order valence-electron chi connectivity index (χ3n) is 5.32. The smallest absolute Gasteiger partial charge is 0.119 e. The SMILES string of the molecule is c1cc(C2CCNCC2)ccc1OCCCNC1CCCCC1. The predicted octanol–water partition coefficient (Wildman–Crippen LogP) is 3.84. The molecule has 2 N–H and O–H groups in total. The van der Waals surface area contributed by atoms with E-state index in [-0.39, 0.29) is 0 Å². The van der Waals surface area contributed by atoms with Crippen molar-refractivity contribution in [1.82, 2.24) is 10.6 Å². The lowest BCUT2D eigenvalue weighted by atomic mass is 9.90. The van der Waals surface area contributed by atoms with Gasteiger partial charge in [0.25, 0.3) is 0 Å². The largest absolute Gasteiger partial charge is 0.494 e. The minimum Gasteiger partial charge on any atom is -0.494 e. The Bertz CT molecular complexity index is 433. The van der Waals surface area contributed by atoms with E-state index in [1.165, 1.54) is 50.5 Å². The van der Waals surface area contributed by atoms with Gasteiger partial charge in [-0.15, -0.1) is 0 Å². The fourth-order valence-electron chi connectivity index (χ4n) is 3.87. The molecule has 1 aromatic rings. The average Bonchev–Trinajstić information content (AvgIpc) is 2.64. The van der Waals surface area contributed by atoms with Gasteiger partial charge in [0.05, 0.1) is 6.61 Å². The van der Waals surface area contributed by atoms with Gasteiger partial charge in [0, 0.05) is 6.04 Å². The van der Waals surface area contributed by atoms with E-state index in [1.54, 1.807) is 0 Å². The minimum absolute atomic E-state index is 0.727. The van der Waals surface area contributed by atoms with Crippen molar-refractivity contribution in [3.8, 4) is 5.75 Å². The summed E-state index contributed by atoms with van der Waals surface area (Å²) < 4.78 is 5.89. The van der Waals surface area contributed by atoms with Gasteiger partial charge in [0.1, 0.15) is 5.75 Å². The maximum absolute atomic E-state index is 5.89. The van der Waals surface area contributed by atoms with Gasteiger partial charge >= 0.3 is 0 Å². The summed E-state index contributed by atoms with van der Waals surface area (Å²) in [5, 5.41) is 7.10. The Morgan fingerprint density at radius 2 is 1.70 bits per heavy atom. The van der Waals surface area contributed by atoms with Crippen LogP contribution in [0.4, 0.5) is 0 Å². The lowest BCUT2D eigenvalue weighted by Gasteiger charge is -2.23. The van der Waals surface area contributed by atoms with Gasteiger partial charge in [-0.3, -0.25) is 0 Å². The molecule has 3 nitrogen and oxygen atoms in total. The fourth-order valence-corrected chi connectivity index (χ4v) is 3.87. The zero-order valence-corrected chi connectivity index (χ0v) is 14.4. The summed E-state index contributed by atoms with van der Waals surface area (Å²) in [6.45, 7) is 4.19. The number of nitrogens with one attached hydrogen (secondary N) is 2. The summed E-state index contributed by atoms with van der Waals surface area (Å²) in [7, 11) is 0. The lowest BCUT2D eigenvalue weighted by molar-refractivity contribution is 0.296. The summed E-state index contributed by atoms with van der Waals surface area (Å²) in [5.74, 6) is 1.74. The summed E-state index contributed by atoms with van der Waals surface area (Å²) in [6.07, 6.45) is 10.6. The van der Waals surface area contributed by atoms with Crippen molar-refractivity contribution in [1.29, 1.82) is 0 Å². The van der Waals surface area contributed by atoms with E-state index in [1.807, 2.05) is 0 Å². The molecule has 0 amide bonds. The monoisotopic (exact) mass is 316 g/mol. The molecule has 1 aliphatic carbocycles. The van der Waals surface area contributed by atoms with Crippen LogP contribution in [0.2, 0.25) is 0 Å². The maximum Gasteiger partial charge on any atom is 0.119 e. The first-order valence-corrected chi connectivity index (χ1v) is 9.59. The van der Waals surface area contributed by atoms with Crippen LogP contribution in [0.15, 0.2) is 24.3 Å². The highest BCUT2D eigenvalue weighted by molar-refractivity contribution is 5.29. The van der Waals surface area contributed by atoms with Gasteiger partial charge in [0.15, 0.2) is 0 Å². The van der Waals surface area contributed by atoms with Crippen molar-refractivity contribution in [2.24, 2.45) is 0 Å². The molecule has 0 atom stereocenters. The summed E-state index contributed by atoms with van der Waals surface area (Å²) in [5.41, 5.74) is 1.47. The second kappa shape index (κ2) is 9.29. The van der Waals surface area contributed by atoms with Crippen LogP contribution in [-0.4, -0.2) is 32.3 Å². The number of hydrogen-bond donors (Lipinski definition) is 2. The third-order valence-corrected chi connectivity index (χ3v) is 5.32. The van der Waals surface area contributed by atoms with E-state index in [0.29, 0.717) is 0 Å². The van der Waals surface area contributed by atoms with E-state index in [4.69, 9.17) is 4.74 Å². The Morgan fingerprint density at radius 3 is 2.43 bits per heavy atom. The van der Waals surface area contributed by atoms with Gasteiger partial charge in [0.2, 0.25) is 0 Å². The lowest BCUT2D eigenvalue weighted by Crippen LogP contribution is -2.32. The fraction of sp³-hybridized carbons (Fsp3) is 0.700. The molecule has 0 aromatic heterocycles. The molecular formula is C20H32N2O. The first kappa shape index (κ1) is 16.8. The molecule has 1 aliphatic heterocycles. The van der Waals surface area contributed by atoms with Crippen LogP contribution in [0, 0.1) is 0 Å². The summed E-state index contributed by atoms with van der Waals surface area (Å²) >= 11 is 0. The van der Waals surface area contributed by atoms with Crippen molar-refractivity contribution in [2.75, 3.05) is 26.2 Å². The van der Waals surface area contributed by atoms with Gasteiger partial charge in [-0.25, -0.2) is 0 Å². The Kier molecular flexibility index (Phi) is 6.78. The van der Waals surface area contributed by atoms with Crippen LogP contribution < -0.4 is 15.4 Å². The molecule has 0 unspecified atom stereocenters. The average molecular weight is 316 g/mol. The Hall–Kier alpha value is -1.06. The van der Waals surface area contributed by atoms with Gasteiger partial charge < -0.3 is 15.4 Å². The Labute approximate surface area is 141 Å². The second-order valence-electron chi connectivity index (χ2n) is 7.08. The highest BCUT2D eigenvalue weighted by Gasteiger charge is 2.15. The first-order chi connectivity index (χ1) is 11.4. The van der Waals surface area contributed by atoms with Crippen LogP contribution in [0.5, 0.6) is 5.75 Å². The number of ether oxygens (including phenoxy) is 1. The van der Waals surface area contributed by atoms with E-state index < -0.39 is 0 Å². The number of benzene rings is 1. The van der Waals surface area contributed by atoms with Crippen molar-refractivity contribution >= 4 is 0 Å². The topological polar surface area (TPSA) is 33.3 Å². The van der Waals surface area contributed by atoms with E-state index >= 15 is 0 Å². The van der Waals surface area contributed by atoms with Crippen molar-refractivity contribution in [3.63, 3.8) is 0 Å². The van der Waals surface area contributed by atoms with E-state index in [0.717, 1.165) is 50.4 Å². The van der Waals surface area contributed by atoms with Crippen LogP contribution >= 0.6 is 0 Å². The molecule has 3 rings (SSSR count). The summed E-state index contributed by atoms with van der Waals surface area (Å²) in [4.78, 5) is 0. The van der Waals surface area contributed by atoms with Crippen LogP contribution in [0.3, 0.4) is 0 Å². The molecule has 1 heterocycles. The number of rotatable bonds is 7. The Morgan fingerprint density at radius 1 is 0.957 bits per heavy atom. The molecular weight excluding hydrogens is 284 g/mol.